The molecular formula is C19H17BrN2O3. The van der Waals surface area contributed by atoms with Gasteiger partial charge in [0.05, 0.1) is 19.7 Å². The average Bonchev–Trinajstić information content (AvgIpc) is 2.61. The Hall–Kier alpha value is -2.78. The normalized spacial score (nSPS) is 10.3. The molecule has 0 aliphatic heterocycles. The lowest BCUT2D eigenvalue weighted by atomic mass is 10.1. The number of carbonyl (C=O) groups excluding carboxylic acids is 1. The molecule has 0 radical (unpaired) electrons. The van der Waals surface area contributed by atoms with E-state index in [1.165, 1.54) is 6.21 Å². The number of ether oxygens (including phenoxy) is 2. The van der Waals surface area contributed by atoms with E-state index >= 15 is 0 Å². The van der Waals surface area contributed by atoms with Gasteiger partial charge in [0, 0.05) is 10.0 Å². The van der Waals surface area contributed by atoms with Crippen molar-refractivity contribution in [2.75, 3.05) is 13.7 Å². The molecule has 0 aromatic heterocycles. The molecule has 0 spiro atoms. The molecule has 0 atom stereocenters. The van der Waals surface area contributed by atoms with Gasteiger partial charge in [-0.1, -0.05) is 34.0 Å². The zero-order valence-corrected chi connectivity index (χ0v) is 15.2. The van der Waals surface area contributed by atoms with Gasteiger partial charge in [-0.05, 0) is 35.9 Å². The first kappa shape index (κ1) is 18.6. The number of amides is 1. The van der Waals surface area contributed by atoms with E-state index in [0.29, 0.717) is 11.3 Å². The number of benzene rings is 2. The summed E-state index contributed by atoms with van der Waals surface area (Å²) < 4.78 is 11.4. The fraction of sp³-hybridized carbons (Fsp3) is 0.158. The predicted molar refractivity (Wildman–Crippen MR) is 101 cm³/mol. The van der Waals surface area contributed by atoms with E-state index in [4.69, 9.17) is 15.9 Å². The minimum atomic E-state index is -0.220. The molecule has 25 heavy (non-hydrogen) atoms. The minimum Gasteiger partial charge on any atom is -0.497 e. The first-order valence-corrected chi connectivity index (χ1v) is 8.22. The van der Waals surface area contributed by atoms with Crippen molar-refractivity contribution in [3.8, 4) is 23.8 Å². The Morgan fingerprint density at radius 1 is 1.32 bits per heavy atom. The van der Waals surface area contributed by atoms with Gasteiger partial charge >= 0.3 is 0 Å². The summed E-state index contributed by atoms with van der Waals surface area (Å²) in [5.74, 6) is 3.53. The van der Waals surface area contributed by atoms with Crippen LogP contribution in [-0.4, -0.2) is 25.8 Å². The maximum atomic E-state index is 12.0. The third-order valence-electron chi connectivity index (χ3n) is 3.20. The second kappa shape index (κ2) is 9.50. The molecule has 128 valence electrons. The van der Waals surface area contributed by atoms with Gasteiger partial charge in [-0.3, -0.25) is 4.79 Å². The van der Waals surface area contributed by atoms with Crippen molar-refractivity contribution < 1.29 is 14.3 Å². The van der Waals surface area contributed by atoms with E-state index in [1.807, 2.05) is 36.4 Å². The summed E-state index contributed by atoms with van der Waals surface area (Å²) in [5.41, 5.74) is 4.07. The van der Waals surface area contributed by atoms with Gasteiger partial charge in [0.15, 0.2) is 0 Å². The lowest BCUT2D eigenvalue weighted by Crippen LogP contribution is -2.19. The predicted octanol–water partition coefficient (Wildman–Crippen LogP) is 3.16. The fourth-order valence-corrected chi connectivity index (χ4v) is 2.39. The van der Waals surface area contributed by atoms with Crippen molar-refractivity contribution in [2.24, 2.45) is 5.10 Å². The van der Waals surface area contributed by atoms with Crippen LogP contribution in [0.25, 0.3) is 0 Å². The largest absolute Gasteiger partial charge is 0.497 e. The first-order chi connectivity index (χ1) is 12.1. The molecule has 0 fully saturated rings. The number of carbonyl (C=O) groups is 1. The Labute approximate surface area is 155 Å². The van der Waals surface area contributed by atoms with Crippen molar-refractivity contribution in [1.29, 1.82) is 0 Å². The van der Waals surface area contributed by atoms with Gasteiger partial charge in [-0.2, -0.15) is 5.10 Å². The average molecular weight is 401 g/mol. The molecule has 5 nitrogen and oxygen atoms in total. The summed E-state index contributed by atoms with van der Waals surface area (Å²) in [6.45, 7) is 0.159. The van der Waals surface area contributed by atoms with Crippen LogP contribution < -0.4 is 14.9 Å². The summed E-state index contributed by atoms with van der Waals surface area (Å²) in [7, 11) is 1.60. The number of hydrogen-bond donors (Lipinski definition) is 1. The summed E-state index contributed by atoms with van der Waals surface area (Å²) in [4.78, 5) is 12.0. The maximum absolute atomic E-state index is 12.0. The molecular weight excluding hydrogens is 384 g/mol. The van der Waals surface area contributed by atoms with Gasteiger partial charge in [0.2, 0.25) is 5.91 Å². The van der Waals surface area contributed by atoms with Crippen LogP contribution in [-0.2, 0) is 11.2 Å². The van der Waals surface area contributed by atoms with Crippen LogP contribution in [0.15, 0.2) is 52.0 Å². The van der Waals surface area contributed by atoms with Crippen LogP contribution in [0.2, 0.25) is 0 Å². The summed E-state index contributed by atoms with van der Waals surface area (Å²) in [6, 6.07) is 12.7. The number of nitrogens with zero attached hydrogens (tertiary/aromatic N) is 1. The number of hydrogen-bond acceptors (Lipinski definition) is 4. The number of terminal acetylenes is 1. The van der Waals surface area contributed by atoms with Crippen LogP contribution >= 0.6 is 15.9 Å². The number of methoxy groups -OCH3 is 1. The summed E-state index contributed by atoms with van der Waals surface area (Å²) in [6.07, 6.45) is 6.94. The van der Waals surface area contributed by atoms with E-state index in [9.17, 15) is 4.79 Å². The maximum Gasteiger partial charge on any atom is 0.244 e. The lowest BCUT2D eigenvalue weighted by molar-refractivity contribution is -0.120. The fourth-order valence-electron chi connectivity index (χ4n) is 2.01. The Balaban J connectivity index is 1.96. The lowest BCUT2D eigenvalue weighted by Gasteiger charge is -2.07. The van der Waals surface area contributed by atoms with Gasteiger partial charge in [0.25, 0.3) is 0 Å². The van der Waals surface area contributed by atoms with Crippen molar-refractivity contribution in [2.45, 2.75) is 6.42 Å². The van der Waals surface area contributed by atoms with Crippen LogP contribution in [0.3, 0.4) is 0 Å². The smallest absolute Gasteiger partial charge is 0.244 e. The standard InChI is InChI=1S/C19H17BrN2O3/c1-3-10-25-18-9-6-16(20)12-15(18)13-21-22-19(23)11-14-4-7-17(24-2)8-5-14/h1,4-9,12-13H,10-11H2,2H3,(H,22,23)/b21-13-. The van der Waals surface area contributed by atoms with E-state index in [-0.39, 0.29) is 18.9 Å². The highest BCUT2D eigenvalue weighted by Crippen LogP contribution is 2.21. The highest BCUT2D eigenvalue weighted by molar-refractivity contribution is 9.10. The molecule has 0 aliphatic carbocycles. The van der Waals surface area contributed by atoms with Crippen molar-refractivity contribution in [1.82, 2.24) is 5.43 Å². The van der Waals surface area contributed by atoms with Crippen LogP contribution in [0.5, 0.6) is 11.5 Å². The van der Waals surface area contributed by atoms with Crippen molar-refractivity contribution >= 4 is 28.1 Å². The third-order valence-corrected chi connectivity index (χ3v) is 3.69. The molecule has 0 unspecified atom stereocenters. The van der Waals surface area contributed by atoms with Crippen LogP contribution in [0.1, 0.15) is 11.1 Å². The van der Waals surface area contributed by atoms with Crippen LogP contribution in [0, 0.1) is 12.3 Å². The molecule has 6 heteroatoms. The van der Waals surface area contributed by atoms with E-state index < -0.39 is 0 Å². The highest BCUT2D eigenvalue weighted by Gasteiger charge is 2.04. The minimum absolute atomic E-state index is 0.159. The molecule has 1 amide bonds. The SMILES string of the molecule is C#CCOc1ccc(Br)cc1/C=N\NC(=O)Cc1ccc(OC)cc1. The van der Waals surface area contributed by atoms with Gasteiger partial charge < -0.3 is 9.47 Å². The summed E-state index contributed by atoms with van der Waals surface area (Å²) in [5, 5.41) is 3.98. The number of hydrazone groups is 1. The Morgan fingerprint density at radius 3 is 2.76 bits per heavy atom. The Kier molecular flexibility index (Phi) is 7.05. The van der Waals surface area contributed by atoms with Gasteiger partial charge in [0.1, 0.15) is 18.1 Å². The molecule has 1 N–H and O–H groups in total. The molecule has 2 rings (SSSR count). The van der Waals surface area contributed by atoms with E-state index in [0.717, 1.165) is 15.8 Å². The molecule has 0 aliphatic rings. The van der Waals surface area contributed by atoms with Gasteiger partial charge in [-0.15, -0.1) is 6.42 Å². The Bertz CT molecular complexity index is 795. The number of rotatable bonds is 7. The van der Waals surface area contributed by atoms with Gasteiger partial charge in [-0.25, -0.2) is 5.43 Å². The highest BCUT2D eigenvalue weighted by atomic mass is 79.9. The van der Waals surface area contributed by atoms with Crippen LogP contribution in [0.4, 0.5) is 0 Å². The first-order valence-electron chi connectivity index (χ1n) is 7.43. The molecule has 0 heterocycles. The molecule has 2 aromatic carbocycles. The second-order valence-corrected chi connectivity index (χ2v) is 5.91. The Morgan fingerprint density at radius 2 is 2.08 bits per heavy atom. The number of halogens is 1. The second-order valence-electron chi connectivity index (χ2n) is 4.99. The topological polar surface area (TPSA) is 59.9 Å². The zero-order valence-electron chi connectivity index (χ0n) is 13.7. The van der Waals surface area contributed by atoms with Crippen molar-refractivity contribution in [3.63, 3.8) is 0 Å². The van der Waals surface area contributed by atoms with E-state index in [1.54, 1.807) is 13.2 Å². The third kappa shape index (κ3) is 5.98. The van der Waals surface area contributed by atoms with E-state index in [2.05, 4.69) is 32.4 Å². The molecule has 0 saturated heterocycles. The molecule has 0 saturated carbocycles. The molecule has 2 aromatic rings. The molecule has 0 bridgehead atoms. The summed E-state index contributed by atoms with van der Waals surface area (Å²) >= 11 is 3.39. The quantitative estimate of drug-likeness (QED) is 0.441. The zero-order chi connectivity index (χ0) is 18.1. The monoisotopic (exact) mass is 400 g/mol. The van der Waals surface area contributed by atoms with Crippen molar-refractivity contribution in [3.05, 3.63) is 58.1 Å². The number of nitrogens with one attached hydrogen (secondary N) is 1.